The van der Waals surface area contributed by atoms with Gasteiger partial charge in [0, 0.05) is 19.6 Å². The molecule has 4 saturated carbocycles. The van der Waals surface area contributed by atoms with E-state index in [2.05, 4.69) is 48.5 Å². The summed E-state index contributed by atoms with van der Waals surface area (Å²) in [6, 6.07) is 0. The number of hydrogen-bond donors (Lipinski definition) is 0. The molecule has 2 nitrogen and oxygen atoms in total. The maximum absolute atomic E-state index is 6.06. The van der Waals surface area contributed by atoms with E-state index < -0.39 is 0 Å². The zero-order valence-electron chi connectivity index (χ0n) is 24.0. The summed E-state index contributed by atoms with van der Waals surface area (Å²) in [7, 11) is 3.89. The first-order valence-electron chi connectivity index (χ1n) is 14.7. The third-order valence-electron chi connectivity index (χ3n) is 13.5. The lowest BCUT2D eigenvalue weighted by atomic mass is 9.33. The van der Waals surface area contributed by atoms with Crippen LogP contribution in [0.25, 0.3) is 0 Å². The second-order valence-electron chi connectivity index (χ2n) is 15.0. The van der Waals surface area contributed by atoms with E-state index >= 15 is 0 Å². The summed E-state index contributed by atoms with van der Waals surface area (Å²) in [5.74, 6) is 3.07. The van der Waals surface area contributed by atoms with Crippen LogP contribution >= 0.6 is 0 Å². The summed E-state index contributed by atoms with van der Waals surface area (Å²) in [6.45, 7) is 19.1. The molecule has 0 amide bonds. The predicted molar refractivity (Wildman–Crippen MR) is 142 cm³/mol. The van der Waals surface area contributed by atoms with Gasteiger partial charge < -0.3 is 9.47 Å². The van der Waals surface area contributed by atoms with E-state index in [9.17, 15) is 0 Å². The molecule has 5 aliphatic rings. The lowest BCUT2D eigenvalue weighted by molar-refractivity contribution is -0.232. The Morgan fingerprint density at radius 2 is 1.53 bits per heavy atom. The van der Waals surface area contributed by atoms with Gasteiger partial charge in [-0.25, -0.2) is 0 Å². The van der Waals surface area contributed by atoms with Crippen LogP contribution in [0.1, 0.15) is 113 Å². The van der Waals surface area contributed by atoms with E-state index in [-0.39, 0.29) is 5.41 Å². The number of hydrogen-bond acceptors (Lipinski definition) is 2. The highest BCUT2D eigenvalue weighted by atomic mass is 16.5. The highest BCUT2D eigenvalue weighted by molar-refractivity contribution is 5.37. The zero-order chi connectivity index (χ0) is 24.7. The first-order valence-corrected chi connectivity index (χ1v) is 14.7. The summed E-state index contributed by atoms with van der Waals surface area (Å²) in [4.78, 5) is 0. The Balaban J connectivity index is 1.56. The molecule has 0 saturated heterocycles. The second-order valence-corrected chi connectivity index (χ2v) is 15.0. The summed E-state index contributed by atoms with van der Waals surface area (Å²) in [6.07, 6.45) is 14.0. The molecule has 8 atom stereocenters. The van der Waals surface area contributed by atoms with E-state index in [0.29, 0.717) is 33.7 Å². The molecule has 0 aromatic rings. The molecule has 2 heteroatoms. The average molecular weight is 471 g/mol. The predicted octanol–water partition coefficient (Wildman–Crippen LogP) is 8.45. The SMILES string of the molecule is COC[C@]12CCC(C(C)C)=C1[C@H]1CC[C@@H]3[C@@]4(C)CC[C@H](OC)C(C)(C)[C@@H]4CC[C@@]3(C)[C@]1(C)CC2. The van der Waals surface area contributed by atoms with Crippen molar-refractivity contribution in [3.05, 3.63) is 11.1 Å². The maximum atomic E-state index is 6.06. The Kier molecular flexibility index (Phi) is 6.01. The molecule has 5 rings (SSSR count). The monoisotopic (exact) mass is 470 g/mol. The van der Waals surface area contributed by atoms with Crippen LogP contribution in [0, 0.1) is 50.7 Å². The van der Waals surface area contributed by atoms with Gasteiger partial charge in [0.15, 0.2) is 0 Å². The summed E-state index contributed by atoms with van der Waals surface area (Å²) >= 11 is 0. The highest BCUT2D eigenvalue weighted by Crippen LogP contribution is 2.76. The fraction of sp³-hybridized carbons (Fsp3) is 0.938. The van der Waals surface area contributed by atoms with E-state index in [0.717, 1.165) is 24.4 Å². The van der Waals surface area contributed by atoms with Gasteiger partial charge in [0.1, 0.15) is 0 Å². The van der Waals surface area contributed by atoms with Crippen molar-refractivity contribution in [1.82, 2.24) is 0 Å². The van der Waals surface area contributed by atoms with Gasteiger partial charge in [-0.05, 0) is 110 Å². The molecule has 194 valence electrons. The van der Waals surface area contributed by atoms with Crippen molar-refractivity contribution in [1.29, 1.82) is 0 Å². The molecule has 0 aliphatic heterocycles. The standard InChI is InChI=1S/C32H54O2/c1-21(2)22-12-17-32(20-33-8)19-18-30(6)23(27(22)32)10-11-25-29(5)15-14-26(34-9)28(3,4)24(29)13-16-31(25,30)7/h21,23-26H,10-20H2,1-9H3/t23-,24+,25-,26+,29+,30-,31-,32-/m1/s1. The average Bonchev–Trinajstić information content (AvgIpc) is 3.14. The molecule has 0 N–H and O–H groups in total. The molecule has 5 aliphatic carbocycles. The number of rotatable bonds is 4. The summed E-state index contributed by atoms with van der Waals surface area (Å²) < 4.78 is 12.0. The first kappa shape index (κ1) is 25.3. The fourth-order valence-corrected chi connectivity index (χ4v) is 11.7. The first-order chi connectivity index (χ1) is 15.9. The molecule has 34 heavy (non-hydrogen) atoms. The fourth-order valence-electron chi connectivity index (χ4n) is 11.7. The zero-order valence-corrected chi connectivity index (χ0v) is 24.0. The second kappa shape index (κ2) is 8.08. The van der Waals surface area contributed by atoms with Gasteiger partial charge in [0.25, 0.3) is 0 Å². The van der Waals surface area contributed by atoms with Gasteiger partial charge in [-0.3, -0.25) is 0 Å². The minimum Gasteiger partial charge on any atom is -0.384 e. The number of fused-ring (bicyclic) bond motifs is 7. The molecule has 0 radical (unpaired) electrons. The van der Waals surface area contributed by atoms with E-state index in [1.807, 2.05) is 25.4 Å². The van der Waals surface area contributed by atoms with E-state index in [4.69, 9.17) is 9.47 Å². The Morgan fingerprint density at radius 1 is 0.794 bits per heavy atom. The Bertz CT molecular complexity index is 840. The van der Waals surface area contributed by atoms with Gasteiger partial charge >= 0.3 is 0 Å². The van der Waals surface area contributed by atoms with Gasteiger partial charge in [0.05, 0.1) is 12.7 Å². The van der Waals surface area contributed by atoms with Crippen molar-refractivity contribution in [3.8, 4) is 0 Å². The van der Waals surface area contributed by atoms with Crippen LogP contribution in [-0.2, 0) is 9.47 Å². The minimum absolute atomic E-state index is 0.278. The minimum atomic E-state index is 0.278. The molecule has 4 fully saturated rings. The number of ether oxygens (including phenoxy) is 2. The lowest BCUT2D eigenvalue weighted by Gasteiger charge is -2.72. The van der Waals surface area contributed by atoms with Crippen LogP contribution in [0.4, 0.5) is 0 Å². The van der Waals surface area contributed by atoms with Gasteiger partial charge in [-0.2, -0.15) is 0 Å². The summed E-state index contributed by atoms with van der Waals surface area (Å²) in [5, 5.41) is 0. The molecule has 0 spiro atoms. The molecule has 0 aromatic heterocycles. The van der Waals surface area contributed by atoms with Gasteiger partial charge in [-0.15, -0.1) is 0 Å². The van der Waals surface area contributed by atoms with Crippen molar-refractivity contribution in [3.63, 3.8) is 0 Å². The van der Waals surface area contributed by atoms with Crippen LogP contribution < -0.4 is 0 Å². The highest BCUT2D eigenvalue weighted by Gasteiger charge is 2.69. The van der Waals surface area contributed by atoms with E-state index in [1.165, 1.54) is 64.2 Å². The topological polar surface area (TPSA) is 18.5 Å². The van der Waals surface area contributed by atoms with Crippen molar-refractivity contribution in [2.24, 2.45) is 50.7 Å². The van der Waals surface area contributed by atoms with Crippen molar-refractivity contribution >= 4 is 0 Å². The largest absolute Gasteiger partial charge is 0.384 e. The molecule has 0 heterocycles. The molecule has 0 aromatic carbocycles. The Hall–Kier alpha value is -0.340. The molecule has 0 bridgehead atoms. The molecular weight excluding hydrogens is 416 g/mol. The van der Waals surface area contributed by atoms with Gasteiger partial charge in [-0.1, -0.05) is 59.6 Å². The smallest absolute Gasteiger partial charge is 0.0625 e. The normalized spacial score (nSPS) is 49.9. The molecular formula is C32H54O2. The quantitative estimate of drug-likeness (QED) is 0.384. The van der Waals surface area contributed by atoms with Crippen LogP contribution in [0.5, 0.6) is 0 Å². The Labute approximate surface area is 211 Å². The van der Waals surface area contributed by atoms with Crippen LogP contribution in [0.2, 0.25) is 0 Å². The third kappa shape index (κ3) is 3.06. The third-order valence-corrected chi connectivity index (χ3v) is 13.5. The van der Waals surface area contributed by atoms with Gasteiger partial charge in [0.2, 0.25) is 0 Å². The lowest BCUT2D eigenvalue weighted by Crippen LogP contribution is -2.65. The van der Waals surface area contributed by atoms with E-state index in [1.54, 1.807) is 0 Å². The maximum Gasteiger partial charge on any atom is 0.0625 e. The van der Waals surface area contributed by atoms with Crippen molar-refractivity contribution in [2.45, 2.75) is 119 Å². The van der Waals surface area contributed by atoms with Crippen molar-refractivity contribution < 1.29 is 9.47 Å². The molecule has 0 unspecified atom stereocenters. The van der Waals surface area contributed by atoms with Crippen LogP contribution in [-0.4, -0.2) is 26.9 Å². The van der Waals surface area contributed by atoms with Crippen LogP contribution in [0.15, 0.2) is 11.1 Å². The number of methoxy groups -OCH3 is 2. The summed E-state index contributed by atoms with van der Waals surface area (Å²) in [5.41, 5.74) is 5.63. The Morgan fingerprint density at radius 3 is 2.18 bits per heavy atom. The number of allylic oxidation sites excluding steroid dienone is 1. The van der Waals surface area contributed by atoms with Crippen LogP contribution in [0.3, 0.4) is 0 Å². The van der Waals surface area contributed by atoms with Crippen molar-refractivity contribution in [2.75, 3.05) is 20.8 Å².